The van der Waals surface area contributed by atoms with Gasteiger partial charge in [-0.3, -0.25) is 14.4 Å². The number of aryl methyl sites for hydroxylation is 2. The van der Waals surface area contributed by atoms with Gasteiger partial charge in [0, 0.05) is 23.5 Å². The number of aliphatic hydroxyl groups excluding tert-OH is 1. The molecule has 1 spiro atoms. The van der Waals surface area contributed by atoms with E-state index in [9.17, 15) is 19.5 Å². The van der Waals surface area contributed by atoms with Crippen molar-refractivity contribution in [2.24, 2.45) is 11.8 Å². The zero-order valence-corrected chi connectivity index (χ0v) is 21.9. The maximum Gasteiger partial charge on any atom is 0.311 e. The molecule has 5 rings (SSSR count). The average molecular weight is 511 g/mol. The molecule has 0 aliphatic carbocycles. The van der Waals surface area contributed by atoms with Crippen molar-refractivity contribution in [3.63, 3.8) is 0 Å². The molecule has 192 valence electrons. The molecule has 1 unspecified atom stereocenters. The first kappa shape index (κ1) is 25.1. The van der Waals surface area contributed by atoms with Crippen LogP contribution in [0.4, 0.5) is 5.69 Å². The van der Waals surface area contributed by atoms with Crippen LogP contribution >= 0.6 is 11.8 Å². The third kappa shape index (κ3) is 3.72. The number of ether oxygens (including phenoxy) is 1. The summed E-state index contributed by atoms with van der Waals surface area (Å²) < 4.78 is 4.04. The smallest absolute Gasteiger partial charge is 0.311 e. The fraction of sp³-hybridized carbons (Fsp3) is 0.536. The number of aliphatic hydroxyl groups is 1. The Kier molecular flexibility index (Phi) is 6.53. The molecule has 4 heterocycles. The first-order valence-corrected chi connectivity index (χ1v) is 13.6. The number of cyclic esters (lactones) is 1. The highest BCUT2D eigenvalue weighted by molar-refractivity contribution is 8.02. The van der Waals surface area contributed by atoms with Crippen LogP contribution in [0.1, 0.15) is 37.3 Å². The van der Waals surface area contributed by atoms with Crippen molar-refractivity contribution < 1.29 is 24.2 Å². The molecule has 2 fully saturated rings. The summed E-state index contributed by atoms with van der Waals surface area (Å²) in [6.45, 7) is 6.43. The number of allylic oxidation sites excluding steroid dienone is 1. The zero-order valence-electron chi connectivity index (χ0n) is 21.1. The molecule has 0 bridgehead atoms. The number of para-hydroxylation sites is 1. The number of likely N-dealkylation sites (tertiary alicyclic amines) is 1. The second-order valence-electron chi connectivity index (χ2n) is 10.4. The third-order valence-electron chi connectivity index (χ3n) is 8.05. The van der Waals surface area contributed by atoms with Crippen molar-refractivity contribution in [1.82, 2.24) is 4.90 Å². The van der Waals surface area contributed by atoms with Crippen molar-refractivity contribution in [3.8, 4) is 0 Å². The van der Waals surface area contributed by atoms with Crippen LogP contribution < -0.4 is 4.90 Å². The van der Waals surface area contributed by atoms with E-state index in [0.29, 0.717) is 13.2 Å². The molecule has 1 aromatic carbocycles. The molecule has 8 heteroatoms. The molecule has 2 saturated heterocycles. The van der Waals surface area contributed by atoms with Crippen LogP contribution in [0.5, 0.6) is 0 Å². The number of esters is 1. The second-order valence-corrected chi connectivity index (χ2v) is 12.2. The first-order chi connectivity index (χ1) is 17.2. The Morgan fingerprint density at radius 1 is 1.06 bits per heavy atom. The van der Waals surface area contributed by atoms with E-state index in [1.54, 1.807) is 4.90 Å². The molecule has 4 aliphatic rings. The number of rotatable bonds is 3. The molecule has 36 heavy (non-hydrogen) atoms. The summed E-state index contributed by atoms with van der Waals surface area (Å²) in [7, 11) is 0. The van der Waals surface area contributed by atoms with Gasteiger partial charge in [-0.1, -0.05) is 42.5 Å². The maximum atomic E-state index is 14.4. The topological polar surface area (TPSA) is 87.2 Å². The number of hydrogen-bond donors (Lipinski definition) is 1. The summed E-state index contributed by atoms with van der Waals surface area (Å²) in [5, 5.41) is 9.86. The minimum absolute atomic E-state index is 0.0385. The van der Waals surface area contributed by atoms with Crippen molar-refractivity contribution >= 4 is 35.2 Å². The lowest BCUT2D eigenvalue weighted by Crippen LogP contribution is -2.54. The molecule has 0 radical (unpaired) electrons. The average Bonchev–Trinajstić information content (AvgIpc) is 3.15. The van der Waals surface area contributed by atoms with Gasteiger partial charge in [0.15, 0.2) is 0 Å². The molecule has 0 saturated carbocycles. The number of amides is 2. The van der Waals surface area contributed by atoms with E-state index in [1.165, 1.54) is 16.7 Å². The summed E-state index contributed by atoms with van der Waals surface area (Å²) in [6.07, 6.45) is 10.7. The second kappa shape index (κ2) is 9.38. The van der Waals surface area contributed by atoms with Crippen LogP contribution in [0.2, 0.25) is 0 Å². The number of hydrogen-bond acceptors (Lipinski definition) is 6. The molecule has 2 amide bonds. The van der Waals surface area contributed by atoms with Gasteiger partial charge in [-0.15, -0.1) is 11.8 Å². The number of fused-ring (bicyclic) bond motifs is 2. The van der Waals surface area contributed by atoms with Crippen LogP contribution in [-0.4, -0.2) is 69.6 Å². The van der Waals surface area contributed by atoms with Crippen molar-refractivity contribution in [2.75, 3.05) is 31.2 Å². The lowest BCUT2D eigenvalue weighted by Gasteiger charge is -2.37. The van der Waals surface area contributed by atoms with Gasteiger partial charge in [0.05, 0.1) is 29.8 Å². The Morgan fingerprint density at radius 2 is 1.81 bits per heavy atom. The predicted octanol–water partition coefficient (Wildman–Crippen LogP) is 3.17. The van der Waals surface area contributed by atoms with Gasteiger partial charge in [0.25, 0.3) is 5.91 Å². The lowest BCUT2D eigenvalue weighted by molar-refractivity contribution is -0.154. The van der Waals surface area contributed by atoms with Gasteiger partial charge in [-0.05, 0) is 51.2 Å². The summed E-state index contributed by atoms with van der Waals surface area (Å²) in [5.74, 6) is -2.30. The van der Waals surface area contributed by atoms with E-state index in [0.717, 1.165) is 36.1 Å². The summed E-state index contributed by atoms with van der Waals surface area (Å²) in [5.41, 5.74) is 2.81. The summed E-state index contributed by atoms with van der Waals surface area (Å²) in [6, 6.07) is 5.09. The Hall–Kier alpha value is -2.58. The Bertz CT molecular complexity index is 1130. The van der Waals surface area contributed by atoms with Crippen LogP contribution in [0.3, 0.4) is 0 Å². The Balaban J connectivity index is 1.66. The van der Waals surface area contributed by atoms with E-state index in [1.807, 2.05) is 51.1 Å². The molecule has 4 aliphatic heterocycles. The van der Waals surface area contributed by atoms with Gasteiger partial charge in [-0.2, -0.15) is 0 Å². The highest BCUT2D eigenvalue weighted by Gasteiger charge is 2.73. The number of anilines is 1. The van der Waals surface area contributed by atoms with E-state index in [-0.39, 0.29) is 30.9 Å². The van der Waals surface area contributed by atoms with Crippen molar-refractivity contribution in [2.45, 2.75) is 55.6 Å². The van der Waals surface area contributed by atoms with E-state index < -0.39 is 27.4 Å². The molecule has 5 atom stereocenters. The molecule has 1 N–H and O–H groups in total. The van der Waals surface area contributed by atoms with Gasteiger partial charge in [0.2, 0.25) is 5.91 Å². The monoisotopic (exact) mass is 510 g/mol. The van der Waals surface area contributed by atoms with Crippen LogP contribution in [0.15, 0.2) is 42.5 Å². The summed E-state index contributed by atoms with van der Waals surface area (Å²) in [4.78, 5) is 45.2. The number of carbonyl (C=O) groups is 3. The molecule has 7 nitrogen and oxygen atoms in total. The first-order valence-electron chi connectivity index (χ1n) is 12.8. The number of benzene rings is 1. The predicted molar refractivity (Wildman–Crippen MR) is 140 cm³/mol. The van der Waals surface area contributed by atoms with Gasteiger partial charge >= 0.3 is 5.97 Å². The normalized spacial score (nSPS) is 35.1. The third-order valence-corrected chi connectivity index (χ3v) is 9.85. The van der Waals surface area contributed by atoms with Gasteiger partial charge < -0.3 is 19.6 Å². The number of carbonyl (C=O) groups excluding carboxylic acids is 3. The van der Waals surface area contributed by atoms with E-state index >= 15 is 0 Å². The molecule has 0 aromatic heterocycles. The minimum Gasteiger partial charge on any atom is -0.465 e. The standard InChI is InChI=1S/C28H34N2O5S/c1-18-10-8-11-19(2)22(18)29-14-9-13-28-20(24(32)30(15-16-31)23(28)25(29)33)21-26(34)35-17-7-5-4-6-12-27(21,3)36-28/h6,8-13,20-21,23,31H,4-5,7,14-17H2,1-3H3/b12-6-/t20-,21-,23?,27+,28-/m0/s1. The van der Waals surface area contributed by atoms with E-state index in [2.05, 4.69) is 12.2 Å². The fourth-order valence-electron chi connectivity index (χ4n) is 6.58. The quantitative estimate of drug-likeness (QED) is 0.497. The van der Waals surface area contributed by atoms with Crippen molar-refractivity contribution in [1.29, 1.82) is 0 Å². The minimum atomic E-state index is -0.939. The summed E-state index contributed by atoms with van der Waals surface area (Å²) >= 11 is 1.53. The molecular weight excluding hydrogens is 476 g/mol. The zero-order chi connectivity index (χ0) is 25.7. The van der Waals surface area contributed by atoms with Crippen molar-refractivity contribution in [3.05, 3.63) is 53.6 Å². The molecule has 1 aromatic rings. The Morgan fingerprint density at radius 3 is 2.53 bits per heavy atom. The SMILES string of the molecule is Cc1cccc(C)c1N1CC=C[C@]23S[C@]4(C)/C=C\CCCCOC(=O)[C@@H]4[C@H]2C(=O)N(CCO)C3C1=O. The van der Waals surface area contributed by atoms with Crippen LogP contribution in [-0.2, 0) is 19.1 Å². The Labute approximate surface area is 216 Å². The molecular formula is C28H34N2O5S. The number of thioether (sulfide) groups is 1. The highest BCUT2D eigenvalue weighted by atomic mass is 32.2. The van der Waals surface area contributed by atoms with Crippen LogP contribution in [0, 0.1) is 25.7 Å². The number of nitrogens with zero attached hydrogens (tertiary/aromatic N) is 2. The largest absolute Gasteiger partial charge is 0.465 e. The fourth-order valence-corrected chi connectivity index (χ4v) is 8.73. The maximum absolute atomic E-state index is 14.4. The van der Waals surface area contributed by atoms with E-state index in [4.69, 9.17) is 4.74 Å². The number of β-amino-alcohol motifs (C(OH)–C–C–N with tert-alkyl or cyclic N) is 1. The van der Waals surface area contributed by atoms with Crippen LogP contribution in [0.25, 0.3) is 0 Å². The lowest BCUT2D eigenvalue weighted by atomic mass is 9.74. The highest BCUT2D eigenvalue weighted by Crippen LogP contribution is 2.65. The van der Waals surface area contributed by atoms with Gasteiger partial charge in [0.1, 0.15) is 6.04 Å². The van der Waals surface area contributed by atoms with Gasteiger partial charge in [-0.25, -0.2) is 0 Å².